The van der Waals surface area contributed by atoms with Crippen LogP contribution in [-0.2, 0) is 13.2 Å². The lowest BCUT2D eigenvalue weighted by molar-refractivity contribution is 0.269. The summed E-state index contributed by atoms with van der Waals surface area (Å²) in [6.07, 6.45) is 0. The van der Waals surface area contributed by atoms with Gasteiger partial charge in [-0.15, -0.1) is 0 Å². The number of ether oxygens (including phenoxy) is 2. The van der Waals surface area contributed by atoms with Gasteiger partial charge in [-0.25, -0.2) is 0 Å². The molecule has 0 unspecified atom stereocenters. The summed E-state index contributed by atoms with van der Waals surface area (Å²) in [5, 5.41) is 4.15. The molecular weight excluding hydrogens is 336 g/mol. The van der Waals surface area contributed by atoms with Gasteiger partial charge in [0.15, 0.2) is 11.5 Å². The van der Waals surface area contributed by atoms with Crippen LogP contribution in [0.2, 0.25) is 5.02 Å². The van der Waals surface area contributed by atoms with Crippen LogP contribution in [0.25, 0.3) is 0 Å². The summed E-state index contributed by atoms with van der Waals surface area (Å²) in [7, 11) is 4.14. The minimum absolute atomic E-state index is 0.459. The molecule has 0 fully saturated rings. The van der Waals surface area contributed by atoms with Crippen LogP contribution < -0.4 is 14.8 Å². The summed E-state index contributed by atoms with van der Waals surface area (Å²) in [6.45, 7) is 5.81. The molecule has 0 amide bonds. The SMILES string of the molecule is CCOc1cc(CNCCN(C)C)ccc1OCc1cccc(Cl)c1. The molecule has 0 aliphatic heterocycles. The van der Waals surface area contributed by atoms with Crippen LogP contribution in [0.3, 0.4) is 0 Å². The van der Waals surface area contributed by atoms with Gasteiger partial charge in [0.2, 0.25) is 0 Å². The van der Waals surface area contributed by atoms with Gasteiger partial charge >= 0.3 is 0 Å². The highest BCUT2D eigenvalue weighted by Gasteiger charge is 2.07. The fourth-order valence-electron chi connectivity index (χ4n) is 2.37. The number of likely N-dealkylation sites (N-methyl/N-ethyl adjacent to an activating group) is 1. The third-order valence-electron chi connectivity index (χ3n) is 3.66. The summed E-state index contributed by atoms with van der Waals surface area (Å²) < 4.78 is 11.7. The van der Waals surface area contributed by atoms with Crippen molar-refractivity contribution >= 4 is 11.6 Å². The van der Waals surface area contributed by atoms with Gasteiger partial charge in [-0.05, 0) is 56.4 Å². The molecule has 25 heavy (non-hydrogen) atoms. The van der Waals surface area contributed by atoms with E-state index in [4.69, 9.17) is 21.1 Å². The van der Waals surface area contributed by atoms with Crippen molar-refractivity contribution in [3.8, 4) is 11.5 Å². The molecule has 0 bridgehead atoms. The second-order valence-corrected chi connectivity index (χ2v) is 6.55. The maximum absolute atomic E-state index is 6.02. The lowest BCUT2D eigenvalue weighted by Crippen LogP contribution is -2.26. The van der Waals surface area contributed by atoms with Crippen LogP contribution in [0.1, 0.15) is 18.1 Å². The number of hydrogen-bond donors (Lipinski definition) is 1. The van der Waals surface area contributed by atoms with Crippen molar-refractivity contribution in [3.63, 3.8) is 0 Å². The molecule has 2 aromatic rings. The molecule has 0 saturated carbocycles. The van der Waals surface area contributed by atoms with Crippen LogP contribution in [0.4, 0.5) is 0 Å². The van der Waals surface area contributed by atoms with Crippen LogP contribution in [0.5, 0.6) is 11.5 Å². The Bertz CT molecular complexity index is 662. The van der Waals surface area contributed by atoms with E-state index >= 15 is 0 Å². The monoisotopic (exact) mass is 362 g/mol. The second kappa shape index (κ2) is 10.3. The Kier molecular flexibility index (Phi) is 8.06. The average Bonchev–Trinajstić information content (AvgIpc) is 2.58. The second-order valence-electron chi connectivity index (χ2n) is 6.11. The number of halogens is 1. The van der Waals surface area contributed by atoms with Crippen molar-refractivity contribution in [2.24, 2.45) is 0 Å². The Morgan fingerprint density at radius 3 is 2.56 bits per heavy atom. The summed E-state index contributed by atoms with van der Waals surface area (Å²) in [4.78, 5) is 2.16. The molecule has 2 rings (SSSR count). The van der Waals surface area contributed by atoms with E-state index in [1.807, 2.05) is 43.3 Å². The summed E-state index contributed by atoms with van der Waals surface area (Å²) in [5.74, 6) is 1.52. The van der Waals surface area contributed by atoms with E-state index in [0.29, 0.717) is 18.2 Å². The highest BCUT2D eigenvalue weighted by molar-refractivity contribution is 6.30. The lowest BCUT2D eigenvalue weighted by atomic mass is 10.2. The van der Waals surface area contributed by atoms with E-state index in [-0.39, 0.29) is 0 Å². The summed E-state index contributed by atoms with van der Waals surface area (Å²) in [6, 6.07) is 13.8. The molecule has 0 aliphatic rings. The number of benzene rings is 2. The lowest BCUT2D eigenvalue weighted by Gasteiger charge is -2.14. The minimum Gasteiger partial charge on any atom is -0.490 e. The molecule has 0 heterocycles. The maximum atomic E-state index is 6.02. The fourth-order valence-corrected chi connectivity index (χ4v) is 2.59. The number of nitrogens with one attached hydrogen (secondary N) is 1. The van der Waals surface area contributed by atoms with Crippen molar-refractivity contribution in [2.75, 3.05) is 33.8 Å². The van der Waals surface area contributed by atoms with Gasteiger partial charge in [0.05, 0.1) is 6.61 Å². The van der Waals surface area contributed by atoms with Crippen LogP contribution in [0.15, 0.2) is 42.5 Å². The first kappa shape index (κ1) is 19.6. The van der Waals surface area contributed by atoms with Crippen molar-refractivity contribution < 1.29 is 9.47 Å². The molecule has 0 atom stereocenters. The quantitative estimate of drug-likeness (QED) is 0.648. The van der Waals surface area contributed by atoms with Crippen LogP contribution in [-0.4, -0.2) is 38.7 Å². The molecule has 0 spiro atoms. The topological polar surface area (TPSA) is 33.7 Å². The Labute approximate surface area is 155 Å². The Hall–Kier alpha value is -1.75. The van der Waals surface area contributed by atoms with Crippen molar-refractivity contribution in [2.45, 2.75) is 20.1 Å². The molecule has 0 saturated heterocycles. The fraction of sp³-hybridized carbons (Fsp3) is 0.400. The van der Waals surface area contributed by atoms with E-state index in [1.165, 1.54) is 5.56 Å². The van der Waals surface area contributed by atoms with Gasteiger partial charge in [0.25, 0.3) is 0 Å². The van der Waals surface area contributed by atoms with E-state index in [9.17, 15) is 0 Å². The summed E-state index contributed by atoms with van der Waals surface area (Å²) >= 11 is 6.02. The van der Waals surface area contributed by atoms with Gasteiger partial charge in [0, 0.05) is 24.7 Å². The van der Waals surface area contributed by atoms with Crippen molar-refractivity contribution in [1.29, 1.82) is 0 Å². The molecular formula is C20H27ClN2O2. The number of nitrogens with zero attached hydrogens (tertiary/aromatic N) is 1. The zero-order chi connectivity index (χ0) is 18.1. The standard InChI is InChI=1S/C20H27ClN2O2/c1-4-24-20-13-16(14-22-10-11-23(2)3)8-9-19(20)25-15-17-6-5-7-18(21)12-17/h5-9,12-13,22H,4,10-11,14-15H2,1-3H3. The van der Waals surface area contributed by atoms with Crippen molar-refractivity contribution in [3.05, 3.63) is 58.6 Å². The predicted octanol–water partition coefficient (Wildman–Crippen LogP) is 3.97. The Morgan fingerprint density at radius 1 is 1.00 bits per heavy atom. The summed E-state index contributed by atoms with van der Waals surface area (Å²) in [5.41, 5.74) is 2.21. The van der Waals surface area contributed by atoms with E-state index < -0.39 is 0 Å². The molecule has 5 heteroatoms. The third-order valence-corrected chi connectivity index (χ3v) is 3.89. The van der Waals surface area contributed by atoms with Gasteiger partial charge in [0.1, 0.15) is 6.61 Å². The number of hydrogen-bond acceptors (Lipinski definition) is 4. The van der Waals surface area contributed by atoms with E-state index in [2.05, 4.69) is 30.4 Å². The van der Waals surface area contributed by atoms with Gasteiger partial charge in [-0.3, -0.25) is 0 Å². The zero-order valence-electron chi connectivity index (χ0n) is 15.2. The molecule has 136 valence electrons. The first-order chi connectivity index (χ1) is 12.1. The van der Waals surface area contributed by atoms with E-state index in [1.54, 1.807) is 0 Å². The molecule has 0 aromatic heterocycles. The van der Waals surface area contributed by atoms with Gasteiger partial charge in [-0.2, -0.15) is 0 Å². The van der Waals surface area contributed by atoms with Crippen molar-refractivity contribution in [1.82, 2.24) is 10.2 Å². The molecule has 1 N–H and O–H groups in total. The normalized spacial score (nSPS) is 10.9. The first-order valence-corrected chi connectivity index (χ1v) is 8.94. The highest BCUT2D eigenvalue weighted by atomic mass is 35.5. The van der Waals surface area contributed by atoms with Crippen LogP contribution >= 0.6 is 11.6 Å². The molecule has 2 aromatic carbocycles. The van der Waals surface area contributed by atoms with Gasteiger partial charge < -0.3 is 19.7 Å². The maximum Gasteiger partial charge on any atom is 0.161 e. The molecule has 0 aliphatic carbocycles. The predicted molar refractivity (Wildman–Crippen MR) is 104 cm³/mol. The number of rotatable bonds is 10. The average molecular weight is 363 g/mol. The third kappa shape index (κ3) is 6.94. The largest absolute Gasteiger partial charge is 0.490 e. The van der Waals surface area contributed by atoms with Gasteiger partial charge in [-0.1, -0.05) is 29.8 Å². The zero-order valence-corrected chi connectivity index (χ0v) is 16.0. The first-order valence-electron chi connectivity index (χ1n) is 8.57. The molecule has 0 radical (unpaired) electrons. The smallest absolute Gasteiger partial charge is 0.161 e. The Morgan fingerprint density at radius 2 is 1.84 bits per heavy atom. The Balaban J connectivity index is 1.97. The van der Waals surface area contributed by atoms with Crippen LogP contribution in [0, 0.1) is 0 Å². The minimum atomic E-state index is 0.459. The molecule has 4 nitrogen and oxygen atoms in total. The van der Waals surface area contributed by atoms with E-state index in [0.717, 1.165) is 36.7 Å². The highest BCUT2D eigenvalue weighted by Crippen LogP contribution is 2.29.